The van der Waals surface area contributed by atoms with Crippen LogP contribution in [0.2, 0.25) is 0 Å². The zero-order valence-electron chi connectivity index (χ0n) is 14.9. The lowest BCUT2D eigenvalue weighted by Crippen LogP contribution is -1.99. The van der Waals surface area contributed by atoms with Crippen molar-refractivity contribution in [2.45, 2.75) is 26.2 Å². The van der Waals surface area contributed by atoms with Crippen LogP contribution in [-0.2, 0) is 0 Å². The van der Waals surface area contributed by atoms with Crippen LogP contribution in [0.5, 0.6) is 5.75 Å². The monoisotopic (exact) mass is 336 g/mol. The van der Waals surface area contributed by atoms with Gasteiger partial charge in [-0.15, -0.1) is 0 Å². The maximum absolute atomic E-state index is 8.81. The van der Waals surface area contributed by atoms with Crippen molar-refractivity contribution in [2.75, 3.05) is 6.54 Å². The SMILES string of the molecule is Cc1cccc(O)c1.N=CC1=CCCC=C1.NCC1=CCC=CC=C1. The minimum atomic E-state index is 0.338. The molecule has 0 saturated carbocycles. The van der Waals surface area contributed by atoms with Crippen molar-refractivity contribution in [3.63, 3.8) is 0 Å². The van der Waals surface area contributed by atoms with Crippen molar-refractivity contribution in [3.05, 3.63) is 89.6 Å². The Hall–Kier alpha value is -2.65. The van der Waals surface area contributed by atoms with Gasteiger partial charge in [0.1, 0.15) is 5.75 Å². The quantitative estimate of drug-likeness (QED) is 0.665. The Morgan fingerprint density at radius 3 is 2.48 bits per heavy atom. The summed E-state index contributed by atoms with van der Waals surface area (Å²) in [4.78, 5) is 0. The first-order chi connectivity index (χ1) is 12.2. The molecule has 0 unspecified atom stereocenters. The average Bonchev–Trinajstić information content (AvgIpc) is 2.92. The van der Waals surface area contributed by atoms with Crippen molar-refractivity contribution < 1.29 is 5.11 Å². The highest BCUT2D eigenvalue weighted by atomic mass is 16.3. The number of rotatable bonds is 2. The van der Waals surface area contributed by atoms with E-state index in [1.807, 2.05) is 43.4 Å². The molecular weight excluding hydrogens is 308 g/mol. The molecule has 0 aromatic heterocycles. The number of allylic oxidation sites excluding steroid dienone is 8. The smallest absolute Gasteiger partial charge is 0.115 e. The highest BCUT2D eigenvalue weighted by Gasteiger charge is 1.89. The molecule has 3 heteroatoms. The maximum atomic E-state index is 8.81. The van der Waals surface area contributed by atoms with Gasteiger partial charge in [-0.25, -0.2) is 0 Å². The van der Waals surface area contributed by atoms with Gasteiger partial charge in [0, 0.05) is 12.8 Å². The number of aryl methyl sites for hydroxylation is 1. The molecule has 0 bridgehead atoms. The number of nitrogens with two attached hydrogens (primary N) is 1. The largest absolute Gasteiger partial charge is 0.508 e. The normalized spacial score (nSPS) is 14.8. The predicted octanol–water partition coefficient (Wildman–Crippen LogP) is 5.00. The highest BCUT2D eigenvalue weighted by molar-refractivity contribution is 5.79. The Labute approximate surface area is 151 Å². The lowest BCUT2D eigenvalue weighted by atomic mass is 10.1. The molecule has 0 aliphatic heterocycles. The minimum absolute atomic E-state index is 0.338. The van der Waals surface area contributed by atoms with Crippen LogP contribution in [0.4, 0.5) is 0 Å². The first-order valence-electron chi connectivity index (χ1n) is 8.51. The highest BCUT2D eigenvalue weighted by Crippen LogP contribution is 2.08. The van der Waals surface area contributed by atoms with E-state index in [-0.39, 0.29) is 0 Å². The number of phenolic OH excluding ortho intramolecular Hbond substituents is 1. The van der Waals surface area contributed by atoms with Gasteiger partial charge < -0.3 is 16.2 Å². The van der Waals surface area contributed by atoms with E-state index < -0.39 is 0 Å². The third-order valence-electron chi connectivity index (χ3n) is 3.50. The standard InChI is InChI=1S/C8H11N.C7H9N.C7H8O/c9-7-8-5-3-1-2-4-6-8;8-6-7-4-2-1-3-5-7;1-6-3-2-4-7(8)5-6/h1-3,5-6H,4,7,9H2;2,4-6,8H,1,3H2;2-5,8H,1H3. The Bertz CT molecular complexity index is 662. The predicted molar refractivity (Wildman–Crippen MR) is 108 cm³/mol. The van der Waals surface area contributed by atoms with Gasteiger partial charge in [0.05, 0.1) is 0 Å². The zero-order chi connectivity index (χ0) is 18.3. The van der Waals surface area contributed by atoms with Gasteiger partial charge >= 0.3 is 0 Å². The summed E-state index contributed by atoms with van der Waals surface area (Å²) in [6.07, 6.45) is 21.1. The maximum Gasteiger partial charge on any atom is 0.115 e. The van der Waals surface area contributed by atoms with Crippen molar-refractivity contribution in [3.8, 4) is 5.75 Å². The molecule has 0 atom stereocenters. The molecular formula is C22H28N2O. The second-order valence-corrected chi connectivity index (χ2v) is 5.67. The number of benzene rings is 1. The summed E-state index contributed by atoms with van der Waals surface area (Å²) < 4.78 is 0. The lowest BCUT2D eigenvalue weighted by Gasteiger charge is -1.97. The molecule has 2 aliphatic rings. The Kier molecular flexibility index (Phi) is 10.4. The second kappa shape index (κ2) is 12.7. The summed E-state index contributed by atoms with van der Waals surface area (Å²) in [6, 6.07) is 7.15. The Morgan fingerprint density at radius 1 is 1.12 bits per heavy atom. The van der Waals surface area contributed by atoms with E-state index >= 15 is 0 Å². The van der Waals surface area contributed by atoms with Crippen LogP contribution in [0.1, 0.15) is 24.8 Å². The van der Waals surface area contributed by atoms with Crippen LogP contribution in [0.3, 0.4) is 0 Å². The summed E-state index contributed by atoms with van der Waals surface area (Å²) in [5.74, 6) is 0.338. The third kappa shape index (κ3) is 9.95. The van der Waals surface area contributed by atoms with Crippen molar-refractivity contribution in [1.82, 2.24) is 0 Å². The zero-order valence-corrected chi connectivity index (χ0v) is 14.9. The number of hydrogen-bond acceptors (Lipinski definition) is 3. The van der Waals surface area contributed by atoms with Gasteiger partial charge in [-0.3, -0.25) is 0 Å². The number of phenols is 1. The van der Waals surface area contributed by atoms with Crippen LogP contribution in [0, 0.1) is 12.3 Å². The summed E-state index contributed by atoms with van der Waals surface area (Å²) in [6.45, 7) is 2.60. The van der Waals surface area contributed by atoms with E-state index in [1.54, 1.807) is 12.1 Å². The molecule has 4 N–H and O–H groups in total. The minimum Gasteiger partial charge on any atom is -0.508 e. The fourth-order valence-electron chi connectivity index (χ4n) is 2.14. The molecule has 1 aromatic rings. The second-order valence-electron chi connectivity index (χ2n) is 5.67. The van der Waals surface area contributed by atoms with Gasteiger partial charge in [-0.2, -0.15) is 0 Å². The average molecular weight is 336 g/mol. The molecule has 0 radical (unpaired) electrons. The van der Waals surface area contributed by atoms with E-state index in [9.17, 15) is 0 Å². The molecule has 1 aromatic carbocycles. The Balaban J connectivity index is 0.000000188. The molecule has 25 heavy (non-hydrogen) atoms. The van der Waals surface area contributed by atoms with Gasteiger partial charge in [0.25, 0.3) is 0 Å². The molecule has 132 valence electrons. The summed E-state index contributed by atoms with van der Waals surface area (Å²) in [5, 5.41) is 15.7. The fraction of sp³-hybridized carbons (Fsp3) is 0.227. The van der Waals surface area contributed by atoms with Crippen LogP contribution < -0.4 is 5.73 Å². The van der Waals surface area contributed by atoms with E-state index in [0.717, 1.165) is 30.4 Å². The molecule has 3 nitrogen and oxygen atoms in total. The van der Waals surface area contributed by atoms with Crippen LogP contribution in [-0.4, -0.2) is 17.9 Å². The van der Waals surface area contributed by atoms with Crippen LogP contribution in [0.25, 0.3) is 0 Å². The fourth-order valence-corrected chi connectivity index (χ4v) is 2.14. The Morgan fingerprint density at radius 2 is 1.96 bits per heavy atom. The molecule has 0 heterocycles. The van der Waals surface area contributed by atoms with Gasteiger partial charge in [0.2, 0.25) is 0 Å². The molecule has 0 saturated heterocycles. The number of hydrogen-bond donors (Lipinski definition) is 3. The van der Waals surface area contributed by atoms with Gasteiger partial charge in [-0.05, 0) is 55.0 Å². The van der Waals surface area contributed by atoms with Gasteiger partial charge in [-0.1, -0.05) is 60.7 Å². The summed E-state index contributed by atoms with van der Waals surface area (Å²) >= 11 is 0. The van der Waals surface area contributed by atoms with Crippen molar-refractivity contribution in [1.29, 1.82) is 5.41 Å². The third-order valence-corrected chi connectivity index (χ3v) is 3.50. The first-order valence-corrected chi connectivity index (χ1v) is 8.51. The van der Waals surface area contributed by atoms with Crippen LogP contribution >= 0.6 is 0 Å². The molecule has 0 spiro atoms. The molecule has 3 rings (SSSR count). The van der Waals surface area contributed by atoms with Crippen LogP contribution in [0.15, 0.2) is 84.0 Å². The topological polar surface area (TPSA) is 70.1 Å². The van der Waals surface area contributed by atoms with E-state index in [4.69, 9.17) is 16.2 Å². The van der Waals surface area contributed by atoms with Crippen molar-refractivity contribution in [2.24, 2.45) is 5.73 Å². The first kappa shape index (κ1) is 20.4. The van der Waals surface area contributed by atoms with E-state index in [1.165, 1.54) is 11.8 Å². The number of nitrogens with one attached hydrogen (secondary N) is 1. The lowest BCUT2D eigenvalue weighted by molar-refractivity contribution is 0.475. The van der Waals surface area contributed by atoms with E-state index in [0.29, 0.717) is 12.3 Å². The molecule has 0 fully saturated rings. The van der Waals surface area contributed by atoms with Gasteiger partial charge in [0.15, 0.2) is 0 Å². The summed E-state index contributed by atoms with van der Waals surface area (Å²) in [5.41, 5.74) is 8.77. The molecule has 2 aliphatic carbocycles. The van der Waals surface area contributed by atoms with Crippen molar-refractivity contribution >= 4 is 6.21 Å². The number of aromatic hydroxyl groups is 1. The molecule has 0 amide bonds. The van der Waals surface area contributed by atoms with E-state index in [2.05, 4.69) is 24.3 Å². The summed E-state index contributed by atoms with van der Waals surface area (Å²) in [7, 11) is 0.